The van der Waals surface area contributed by atoms with Gasteiger partial charge in [0.05, 0.1) is 17.5 Å². The lowest BCUT2D eigenvalue weighted by Gasteiger charge is -2.06. The van der Waals surface area contributed by atoms with Crippen molar-refractivity contribution in [1.82, 2.24) is 0 Å². The molecule has 0 atom stereocenters. The van der Waals surface area contributed by atoms with Crippen molar-refractivity contribution < 1.29 is 14.6 Å². The lowest BCUT2D eigenvalue weighted by molar-refractivity contribution is 0.0697. The van der Waals surface area contributed by atoms with Crippen LogP contribution in [-0.2, 0) is 6.61 Å². The predicted octanol–water partition coefficient (Wildman–Crippen LogP) is 5.06. The van der Waals surface area contributed by atoms with Gasteiger partial charge in [0.15, 0.2) is 0 Å². The van der Waals surface area contributed by atoms with Crippen LogP contribution in [-0.4, -0.2) is 17.3 Å². The quantitative estimate of drug-likeness (QED) is 0.443. The number of rotatable bonds is 7. The SMILES string of the molecule is O=C(O)c1ccc(N/N=C/c2ccc(OCc3ccc(Cl)cc3)cc2)cc1. The molecule has 5 nitrogen and oxygen atoms in total. The van der Waals surface area contributed by atoms with Crippen molar-refractivity contribution in [2.24, 2.45) is 5.10 Å². The highest BCUT2D eigenvalue weighted by Crippen LogP contribution is 2.15. The minimum Gasteiger partial charge on any atom is -0.489 e. The number of hydrogen-bond donors (Lipinski definition) is 2. The van der Waals surface area contributed by atoms with E-state index in [0.29, 0.717) is 17.3 Å². The van der Waals surface area contributed by atoms with Crippen molar-refractivity contribution in [1.29, 1.82) is 0 Å². The molecule has 0 saturated heterocycles. The highest BCUT2D eigenvalue weighted by atomic mass is 35.5. The number of carboxylic acids is 1. The largest absolute Gasteiger partial charge is 0.489 e. The molecule has 0 heterocycles. The number of hydrogen-bond acceptors (Lipinski definition) is 4. The third-order valence-corrected chi connectivity index (χ3v) is 3.99. The molecule has 0 fully saturated rings. The van der Waals surface area contributed by atoms with Crippen LogP contribution >= 0.6 is 11.6 Å². The second-order valence-corrected chi connectivity index (χ2v) is 6.17. The Morgan fingerprint density at radius 3 is 2.30 bits per heavy atom. The van der Waals surface area contributed by atoms with Crippen LogP contribution in [0.5, 0.6) is 5.75 Å². The van der Waals surface area contributed by atoms with Crippen LogP contribution in [0.1, 0.15) is 21.5 Å². The molecule has 0 aliphatic rings. The van der Waals surface area contributed by atoms with Crippen LogP contribution in [0.4, 0.5) is 5.69 Å². The summed E-state index contributed by atoms with van der Waals surface area (Å²) in [6.07, 6.45) is 1.67. The first-order valence-corrected chi connectivity index (χ1v) is 8.58. The van der Waals surface area contributed by atoms with Gasteiger partial charge in [-0.1, -0.05) is 23.7 Å². The summed E-state index contributed by atoms with van der Waals surface area (Å²) in [5, 5.41) is 13.7. The fourth-order valence-corrected chi connectivity index (χ4v) is 2.39. The van der Waals surface area contributed by atoms with Crippen molar-refractivity contribution in [2.75, 3.05) is 5.43 Å². The Bertz CT molecular complexity index is 921. The molecule has 0 aliphatic carbocycles. The number of carboxylic acid groups (broad SMARTS) is 1. The molecule has 0 spiro atoms. The van der Waals surface area contributed by atoms with Gasteiger partial charge >= 0.3 is 5.97 Å². The predicted molar refractivity (Wildman–Crippen MR) is 107 cm³/mol. The molecule has 3 rings (SSSR count). The number of anilines is 1. The first kappa shape index (κ1) is 18.5. The Hall–Kier alpha value is -3.31. The molecule has 6 heteroatoms. The Labute approximate surface area is 161 Å². The summed E-state index contributed by atoms with van der Waals surface area (Å²) < 4.78 is 5.74. The standard InChI is InChI=1S/C21H17ClN2O3/c22-18-7-1-16(2-8-18)14-27-20-11-3-15(4-12-20)13-23-24-19-9-5-17(6-10-19)21(25)26/h1-13,24H,14H2,(H,25,26)/b23-13+. The van der Waals surface area contributed by atoms with E-state index in [2.05, 4.69) is 10.5 Å². The summed E-state index contributed by atoms with van der Waals surface area (Å²) in [4.78, 5) is 10.8. The van der Waals surface area contributed by atoms with Crippen molar-refractivity contribution in [3.8, 4) is 5.75 Å². The molecular weight excluding hydrogens is 364 g/mol. The van der Waals surface area contributed by atoms with Gasteiger partial charge in [-0.3, -0.25) is 5.43 Å². The van der Waals surface area contributed by atoms with Gasteiger partial charge in [0.1, 0.15) is 12.4 Å². The lowest BCUT2D eigenvalue weighted by Crippen LogP contribution is -1.97. The Morgan fingerprint density at radius 1 is 1.00 bits per heavy atom. The molecule has 0 radical (unpaired) electrons. The van der Waals surface area contributed by atoms with E-state index in [4.69, 9.17) is 21.4 Å². The summed E-state index contributed by atoms with van der Waals surface area (Å²) in [7, 11) is 0. The van der Waals surface area contributed by atoms with E-state index in [0.717, 1.165) is 16.9 Å². The number of halogens is 1. The molecule has 27 heavy (non-hydrogen) atoms. The Kier molecular flexibility index (Phi) is 6.07. The maximum Gasteiger partial charge on any atom is 0.335 e. The molecule has 0 aliphatic heterocycles. The minimum absolute atomic E-state index is 0.235. The number of nitrogens with one attached hydrogen (secondary N) is 1. The van der Waals surface area contributed by atoms with E-state index in [1.54, 1.807) is 18.3 Å². The van der Waals surface area contributed by atoms with E-state index in [9.17, 15) is 4.79 Å². The molecule has 0 saturated carbocycles. The number of aromatic carboxylic acids is 1. The second kappa shape index (κ2) is 8.87. The number of carbonyl (C=O) groups is 1. The van der Waals surface area contributed by atoms with Gasteiger partial charge in [-0.05, 0) is 71.8 Å². The maximum atomic E-state index is 10.8. The smallest absolute Gasteiger partial charge is 0.335 e. The molecule has 2 N–H and O–H groups in total. The van der Waals surface area contributed by atoms with Gasteiger partial charge < -0.3 is 9.84 Å². The zero-order valence-corrected chi connectivity index (χ0v) is 15.1. The summed E-state index contributed by atoms with van der Waals surface area (Å²) >= 11 is 5.86. The second-order valence-electron chi connectivity index (χ2n) is 5.74. The van der Waals surface area contributed by atoms with Crippen LogP contribution in [0, 0.1) is 0 Å². The number of nitrogens with zero attached hydrogens (tertiary/aromatic N) is 1. The first-order chi connectivity index (χ1) is 13.1. The van der Waals surface area contributed by atoms with Crippen molar-refractivity contribution in [3.63, 3.8) is 0 Å². The summed E-state index contributed by atoms with van der Waals surface area (Å²) in [6.45, 7) is 0.471. The normalized spacial score (nSPS) is 10.7. The van der Waals surface area contributed by atoms with E-state index in [1.165, 1.54) is 12.1 Å². The van der Waals surface area contributed by atoms with Gasteiger partial charge in [-0.15, -0.1) is 0 Å². The molecule has 0 bridgehead atoms. The Balaban J connectivity index is 1.51. The fraction of sp³-hybridized carbons (Fsp3) is 0.0476. The molecule has 136 valence electrons. The zero-order chi connectivity index (χ0) is 19.1. The van der Waals surface area contributed by atoms with Crippen molar-refractivity contribution in [3.05, 3.63) is 94.5 Å². The lowest BCUT2D eigenvalue weighted by atomic mass is 10.2. The van der Waals surface area contributed by atoms with Gasteiger partial charge in [-0.25, -0.2) is 4.79 Å². The molecule has 0 aromatic heterocycles. The zero-order valence-electron chi connectivity index (χ0n) is 14.3. The molecular formula is C21H17ClN2O3. The summed E-state index contributed by atoms with van der Waals surface area (Å²) in [5.41, 5.74) is 5.75. The van der Waals surface area contributed by atoms with Gasteiger partial charge in [0.25, 0.3) is 0 Å². The number of hydrazone groups is 1. The van der Waals surface area contributed by atoms with E-state index in [-0.39, 0.29) is 5.56 Å². The minimum atomic E-state index is -0.955. The molecule has 3 aromatic rings. The van der Waals surface area contributed by atoms with Gasteiger partial charge in [0.2, 0.25) is 0 Å². The summed E-state index contributed by atoms with van der Waals surface area (Å²) in [6, 6.07) is 21.4. The average Bonchev–Trinajstić information content (AvgIpc) is 2.69. The van der Waals surface area contributed by atoms with Gasteiger partial charge in [0, 0.05) is 5.02 Å². The van der Waals surface area contributed by atoms with Crippen LogP contribution in [0.3, 0.4) is 0 Å². The Morgan fingerprint density at radius 2 is 1.67 bits per heavy atom. The third kappa shape index (κ3) is 5.59. The van der Waals surface area contributed by atoms with Gasteiger partial charge in [-0.2, -0.15) is 5.10 Å². The van der Waals surface area contributed by atoms with Crippen molar-refractivity contribution in [2.45, 2.75) is 6.61 Å². The average molecular weight is 381 g/mol. The van der Waals surface area contributed by atoms with E-state index < -0.39 is 5.97 Å². The third-order valence-electron chi connectivity index (χ3n) is 3.74. The van der Waals surface area contributed by atoms with Crippen molar-refractivity contribution >= 4 is 29.5 Å². The van der Waals surface area contributed by atoms with E-state index >= 15 is 0 Å². The highest BCUT2D eigenvalue weighted by Gasteiger charge is 2.01. The van der Waals surface area contributed by atoms with E-state index in [1.807, 2.05) is 48.5 Å². The molecule has 0 unspecified atom stereocenters. The number of ether oxygens (including phenoxy) is 1. The highest BCUT2D eigenvalue weighted by molar-refractivity contribution is 6.30. The van der Waals surface area contributed by atoms with Crippen LogP contribution < -0.4 is 10.2 Å². The fourth-order valence-electron chi connectivity index (χ4n) is 2.27. The monoisotopic (exact) mass is 380 g/mol. The topological polar surface area (TPSA) is 70.9 Å². The van der Waals surface area contributed by atoms with Crippen LogP contribution in [0.2, 0.25) is 5.02 Å². The first-order valence-electron chi connectivity index (χ1n) is 8.20. The van der Waals surface area contributed by atoms with Crippen LogP contribution in [0.25, 0.3) is 0 Å². The van der Waals surface area contributed by atoms with Crippen LogP contribution in [0.15, 0.2) is 77.9 Å². The summed E-state index contributed by atoms with van der Waals surface area (Å²) in [5.74, 6) is -0.192. The number of benzene rings is 3. The molecule has 3 aromatic carbocycles. The maximum absolute atomic E-state index is 10.8. The molecule has 0 amide bonds.